The highest BCUT2D eigenvalue weighted by atomic mass is 32.2. The van der Waals surface area contributed by atoms with E-state index in [-0.39, 0.29) is 10.0 Å². The van der Waals surface area contributed by atoms with E-state index < -0.39 is 15.6 Å². The van der Waals surface area contributed by atoms with Gasteiger partial charge in [0.25, 0.3) is 0 Å². The number of nitrogens with two attached hydrogens (primary N) is 1. The molecule has 7 heteroatoms. The van der Waals surface area contributed by atoms with Gasteiger partial charge in [0.05, 0.1) is 4.90 Å². The molecule has 1 rings (SSSR count). The summed E-state index contributed by atoms with van der Waals surface area (Å²) in [7, 11) is -3.51. The third-order valence-electron chi connectivity index (χ3n) is 1.87. The largest absolute Gasteiger partial charge is 0.376 e. The van der Waals surface area contributed by atoms with E-state index in [9.17, 15) is 8.42 Å². The van der Waals surface area contributed by atoms with Crippen molar-refractivity contribution in [2.24, 2.45) is 5.73 Å². The molecule has 4 N–H and O–H groups in total. The summed E-state index contributed by atoms with van der Waals surface area (Å²) in [5, 5.41) is 2.86. The van der Waals surface area contributed by atoms with E-state index in [0.29, 0.717) is 5.69 Å². The van der Waals surface area contributed by atoms with Crippen LogP contribution in [0.5, 0.6) is 0 Å². The van der Waals surface area contributed by atoms with Crippen molar-refractivity contribution in [2.75, 3.05) is 5.32 Å². The fourth-order valence-corrected chi connectivity index (χ4v) is 2.86. The second-order valence-electron chi connectivity index (χ2n) is 4.87. The summed E-state index contributed by atoms with van der Waals surface area (Å²) in [5.74, 6) is 0. The lowest BCUT2D eigenvalue weighted by Gasteiger charge is -2.20. The summed E-state index contributed by atoms with van der Waals surface area (Å²) in [6, 6.07) is 6.20. The Kier molecular flexibility index (Phi) is 4.31. The SMILES string of the molecule is CC(C)(C)NS(=O)(=O)c1ccc(NC(N)=S)cc1. The standard InChI is InChI=1S/C11H17N3O2S2/c1-11(2,3)14-18(15,16)9-6-4-8(5-7-9)13-10(12)17/h4-7,14H,1-3H3,(H3,12,13,17). The van der Waals surface area contributed by atoms with Crippen molar-refractivity contribution < 1.29 is 8.42 Å². The molecule has 0 aliphatic heterocycles. The Hall–Kier alpha value is -1.18. The lowest BCUT2D eigenvalue weighted by atomic mass is 10.1. The number of hydrogen-bond donors (Lipinski definition) is 3. The van der Waals surface area contributed by atoms with Gasteiger partial charge in [0.2, 0.25) is 10.0 Å². The average Bonchev–Trinajstić information content (AvgIpc) is 2.13. The molecule has 0 aliphatic rings. The Morgan fingerprint density at radius 1 is 1.22 bits per heavy atom. The number of benzene rings is 1. The molecule has 0 bridgehead atoms. The molecule has 0 aromatic heterocycles. The molecule has 0 radical (unpaired) electrons. The Labute approximate surface area is 113 Å². The number of thiocarbonyl (C=S) groups is 1. The van der Waals surface area contributed by atoms with E-state index in [2.05, 4.69) is 10.0 Å². The van der Waals surface area contributed by atoms with Crippen LogP contribution >= 0.6 is 12.2 Å². The predicted molar refractivity (Wildman–Crippen MR) is 76.9 cm³/mol. The number of anilines is 1. The minimum atomic E-state index is -3.51. The fraction of sp³-hybridized carbons (Fsp3) is 0.364. The minimum Gasteiger partial charge on any atom is -0.376 e. The average molecular weight is 287 g/mol. The van der Waals surface area contributed by atoms with Crippen LogP contribution in [-0.4, -0.2) is 19.1 Å². The molecule has 0 saturated heterocycles. The Bertz CT molecular complexity index is 530. The normalized spacial score (nSPS) is 12.2. The number of rotatable bonds is 3. The monoisotopic (exact) mass is 287 g/mol. The molecule has 1 aromatic carbocycles. The summed E-state index contributed by atoms with van der Waals surface area (Å²) >= 11 is 4.69. The van der Waals surface area contributed by atoms with Crippen molar-refractivity contribution in [3.8, 4) is 0 Å². The molecular formula is C11H17N3O2S2. The molecule has 0 saturated carbocycles. The Balaban J connectivity index is 2.94. The number of nitrogens with one attached hydrogen (secondary N) is 2. The summed E-state index contributed by atoms with van der Waals surface area (Å²) < 4.78 is 26.6. The van der Waals surface area contributed by atoms with Crippen LogP contribution in [0.2, 0.25) is 0 Å². The van der Waals surface area contributed by atoms with Gasteiger partial charge in [0.15, 0.2) is 5.11 Å². The molecule has 18 heavy (non-hydrogen) atoms. The van der Waals surface area contributed by atoms with Crippen molar-refractivity contribution in [1.29, 1.82) is 0 Å². The van der Waals surface area contributed by atoms with Crippen LogP contribution in [0.3, 0.4) is 0 Å². The first-order valence-electron chi connectivity index (χ1n) is 5.31. The molecule has 0 unspecified atom stereocenters. The first kappa shape index (κ1) is 14.9. The summed E-state index contributed by atoms with van der Waals surface area (Å²) in [4.78, 5) is 0.200. The first-order valence-corrected chi connectivity index (χ1v) is 7.20. The third kappa shape index (κ3) is 4.59. The van der Waals surface area contributed by atoms with Crippen LogP contribution in [0.15, 0.2) is 29.2 Å². The van der Waals surface area contributed by atoms with E-state index in [0.717, 1.165) is 0 Å². The van der Waals surface area contributed by atoms with E-state index in [1.807, 2.05) is 0 Å². The van der Waals surface area contributed by atoms with E-state index in [4.69, 9.17) is 18.0 Å². The first-order chi connectivity index (χ1) is 8.10. The van der Waals surface area contributed by atoms with Gasteiger partial charge in [-0.15, -0.1) is 0 Å². The molecular weight excluding hydrogens is 270 g/mol. The molecule has 0 heterocycles. The molecule has 100 valence electrons. The highest BCUT2D eigenvalue weighted by Crippen LogP contribution is 2.16. The lowest BCUT2D eigenvalue weighted by molar-refractivity contribution is 0.491. The molecule has 5 nitrogen and oxygen atoms in total. The van der Waals surface area contributed by atoms with Crippen molar-refractivity contribution in [1.82, 2.24) is 4.72 Å². The molecule has 1 aromatic rings. The van der Waals surface area contributed by atoms with E-state index in [1.165, 1.54) is 12.1 Å². The van der Waals surface area contributed by atoms with Gasteiger partial charge in [-0.3, -0.25) is 0 Å². The smallest absolute Gasteiger partial charge is 0.241 e. The second-order valence-corrected chi connectivity index (χ2v) is 6.99. The van der Waals surface area contributed by atoms with Gasteiger partial charge < -0.3 is 11.1 Å². The van der Waals surface area contributed by atoms with E-state index >= 15 is 0 Å². The quantitative estimate of drug-likeness (QED) is 0.732. The van der Waals surface area contributed by atoms with Gasteiger partial charge >= 0.3 is 0 Å². The highest BCUT2D eigenvalue weighted by Gasteiger charge is 2.21. The van der Waals surface area contributed by atoms with Crippen molar-refractivity contribution in [2.45, 2.75) is 31.2 Å². The lowest BCUT2D eigenvalue weighted by Crippen LogP contribution is -2.40. The van der Waals surface area contributed by atoms with Crippen molar-refractivity contribution in [3.05, 3.63) is 24.3 Å². The second kappa shape index (κ2) is 5.21. The van der Waals surface area contributed by atoms with Gasteiger partial charge in [0.1, 0.15) is 0 Å². The number of sulfonamides is 1. The minimum absolute atomic E-state index is 0.137. The summed E-state index contributed by atoms with van der Waals surface area (Å²) in [6.45, 7) is 5.36. The molecule has 0 amide bonds. The van der Waals surface area contributed by atoms with Crippen molar-refractivity contribution in [3.63, 3.8) is 0 Å². The zero-order valence-electron chi connectivity index (χ0n) is 10.5. The Morgan fingerprint density at radius 3 is 2.11 bits per heavy atom. The maximum Gasteiger partial charge on any atom is 0.241 e. The molecule has 0 fully saturated rings. The van der Waals surface area contributed by atoms with Crippen LogP contribution in [0.1, 0.15) is 20.8 Å². The fourth-order valence-electron chi connectivity index (χ4n) is 1.32. The van der Waals surface area contributed by atoms with Gasteiger partial charge in [0, 0.05) is 11.2 Å². The van der Waals surface area contributed by atoms with Gasteiger partial charge in [-0.2, -0.15) is 0 Å². The Morgan fingerprint density at radius 2 is 1.72 bits per heavy atom. The summed E-state index contributed by atoms with van der Waals surface area (Å²) in [5.41, 5.74) is 5.45. The van der Waals surface area contributed by atoms with Gasteiger partial charge in [-0.05, 0) is 57.3 Å². The van der Waals surface area contributed by atoms with Gasteiger partial charge in [-0.1, -0.05) is 0 Å². The maximum atomic E-state index is 12.0. The molecule has 0 spiro atoms. The van der Waals surface area contributed by atoms with Crippen molar-refractivity contribution >= 4 is 33.0 Å². The summed E-state index contributed by atoms with van der Waals surface area (Å²) in [6.07, 6.45) is 0. The zero-order valence-corrected chi connectivity index (χ0v) is 12.2. The third-order valence-corrected chi connectivity index (χ3v) is 3.75. The number of hydrogen-bond acceptors (Lipinski definition) is 3. The highest BCUT2D eigenvalue weighted by molar-refractivity contribution is 7.89. The van der Waals surface area contributed by atoms with Crippen LogP contribution in [-0.2, 0) is 10.0 Å². The maximum absolute atomic E-state index is 12.0. The van der Waals surface area contributed by atoms with Crippen LogP contribution in [0.4, 0.5) is 5.69 Å². The predicted octanol–water partition coefficient (Wildman–Crippen LogP) is 1.42. The molecule has 0 atom stereocenters. The van der Waals surface area contributed by atoms with Crippen LogP contribution in [0.25, 0.3) is 0 Å². The topological polar surface area (TPSA) is 84.2 Å². The van der Waals surface area contributed by atoms with Crippen LogP contribution in [0, 0.1) is 0 Å². The van der Waals surface area contributed by atoms with E-state index in [1.54, 1.807) is 32.9 Å². The zero-order chi connectivity index (χ0) is 14.0. The van der Waals surface area contributed by atoms with Crippen LogP contribution < -0.4 is 15.8 Å². The van der Waals surface area contributed by atoms with Gasteiger partial charge in [-0.25, -0.2) is 13.1 Å². The molecule has 0 aliphatic carbocycles.